The Bertz CT molecular complexity index is 10.8. The summed E-state index contributed by atoms with van der Waals surface area (Å²) in [4.78, 5) is 0. The Morgan fingerprint density at radius 3 is 1.17 bits per heavy atom. The molecule has 3 nitrogen and oxygen atoms in total. The fourth-order valence-electron chi connectivity index (χ4n) is 0. The van der Waals surface area contributed by atoms with Gasteiger partial charge in [-0.05, 0) is 0 Å². The molecule has 1 radical (unpaired) electrons. The number of rotatable bonds is 0. The summed E-state index contributed by atoms with van der Waals surface area (Å²) in [6.45, 7) is 0. The molecule has 0 atom stereocenters. The van der Waals surface area contributed by atoms with Crippen LogP contribution in [-0.2, 0) is 13.5 Å². The largest absolute Gasteiger partial charge is 2.00 e. The second-order valence-corrected chi connectivity index (χ2v) is 0.0962. The van der Waals surface area contributed by atoms with Crippen molar-refractivity contribution in [3.8, 4) is 0 Å². The molecule has 0 aliphatic heterocycles. The van der Waals surface area contributed by atoms with Crippen LogP contribution in [0.1, 0.15) is 0 Å². The van der Waals surface area contributed by atoms with Gasteiger partial charge in [0.1, 0.15) is 0 Å². The van der Waals surface area contributed by atoms with Crippen molar-refractivity contribution in [2.45, 2.75) is 0 Å². The maximum atomic E-state index is 8.25. The molecule has 0 amide bonds. The SMILES string of the molecule is [Ca+2].[O-][B][O-].[OH-].[SH3+]. The molecule has 0 saturated heterocycles. The molecule has 0 rings (SSSR count). The zero-order valence-electron chi connectivity index (χ0n) is 3.13. The van der Waals surface area contributed by atoms with Crippen LogP contribution in [0.5, 0.6) is 0 Å². The summed E-state index contributed by atoms with van der Waals surface area (Å²) in [6, 6.07) is 0. The van der Waals surface area contributed by atoms with Crippen LogP contribution in [-0.4, -0.2) is 50.9 Å². The molecular weight excluding hydrogens is 131 g/mol. The van der Waals surface area contributed by atoms with E-state index in [0.717, 1.165) is 0 Å². The first-order valence-electron chi connectivity index (χ1n) is 0.471. The summed E-state index contributed by atoms with van der Waals surface area (Å²) < 4.78 is 0. The van der Waals surface area contributed by atoms with Crippen molar-refractivity contribution in [2.75, 3.05) is 0 Å². The minimum Gasteiger partial charge on any atom is -0.900 e. The quantitative estimate of drug-likeness (QED) is 0.250. The van der Waals surface area contributed by atoms with E-state index in [4.69, 9.17) is 10.0 Å². The van der Waals surface area contributed by atoms with E-state index in [1.165, 1.54) is 0 Å². The zero-order valence-corrected chi connectivity index (χ0v) is 6.49. The van der Waals surface area contributed by atoms with Crippen molar-refractivity contribution >= 4 is 58.9 Å². The summed E-state index contributed by atoms with van der Waals surface area (Å²) in [7, 11) is -0.500. The van der Waals surface area contributed by atoms with E-state index in [1.54, 1.807) is 0 Å². The molecule has 0 heterocycles. The van der Waals surface area contributed by atoms with Gasteiger partial charge >= 0.3 is 37.7 Å². The standard InChI is InChI=1S/BO2.Ca.H2O.H2S/c2-1-3;;;/h;;2*1H2/q-2;+2;;. The Morgan fingerprint density at radius 1 is 1.17 bits per heavy atom. The number of hydrogen-bond donors (Lipinski definition) is 0. The fourth-order valence-corrected chi connectivity index (χ4v) is 0. The summed E-state index contributed by atoms with van der Waals surface area (Å²) in [5.41, 5.74) is 0. The molecule has 33 valence electrons. The zero-order chi connectivity index (χ0) is 2.71. The molecule has 0 aromatic heterocycles. The molecule has 0 fully saturated rings. The Morgan fingerprint density at radius 2 is 1.17 bits per heavy atom. The van der Waals surface area contributed by atoms with E-state index in [1.807, 2.05) is 0 Å². The first-order valence-corrected chi connectivity index (χ1v) is 0.471. The molecule has 0 unspecified atom stereocenters. The van der Waals surface area contributed by atoms with Gasteiger partial charge in [-0.3, -0.25) is 0 Å². The van der Waals surface area contributed by atoms with Crippen LogP contribution < -0.4 is 10.0 Å². The van der Waals surface area contributed by atoms with Crippen molar-refractivity contribution in [3.63, 3.8) is 0 Å². The average Bonchev–Trinajstić information content (AvgIpc) is 0.918. The van der Waals surface area contributed by atoms with Crippen LogP contribution in [0.3, 0.4) is 0 Å². The summed E-state index contributed by atoms with van der Waals surface area (Å²) in [5, 5.41) is 16.5. The normalized spacial score (nSPS) is 2.33. The van der Waals surface area contributed by atoms with Crippen LogP contribution >= 0.6 is 0 Å². The smallest absolute Gasteiger partial charge is 0.900 e. The van der Waals surface area contributed by atoms with E-state index < -0.39 is 7.69 Å². The summed E-state index contributed by atoms with van der Waals surface area (Å²) >= 11 is 0. The van der Waals surface area contributed by atoms with Crippen LogP contribution in [0.15, 0.2) is 0 Å². The molecule has 0 aromatic rings. The van der Waals surface area contributed by atoms with E-state index in [9.17, 15) is 0 Å². The molecule has 1 N–H and O–H groups in total. The van der Waals surface area contributed by atoms with Gasteiger partial charge in [-0.15, -0.1) is 0 Å². The Balaban J connectivity index is -0.00000000667. The maximum Gasteiger partial charge on any atom is 2.00 e. The van der Waals surface area contributed by atoms with Gasteiger partial charge in [0.05, 0.1) is 0 Å². The van der Waals surface area contributed by atoms with E-state index >= 15 is 0 Å². The minimum atomic E-state index is -0.500. The van der Waals surface area contributed by atoms with Crippen molar-refractivity contribution < 1.29 is 15.5 Å². The molecule has 0 aromatic carbocycles. The second-order valence-electron chi connectivity index (χ2n) is 0.0962. The Labute approximate surface area is 73.8 Å². The summed E-state index contributed by atoms with van der Waals surface area (Å²) in [5.74, 6) is 0. The summed E-state index contributed by atoms with van der Waals surface area (Å²) in [6.07, 6.45) is 0. The average molecular weight is 135 g/mol. The Hall–Kier alpha value is 1.55. The molecule has 0 aliphatic rings. The van der Waals surface area contributed by atoms with Crippen LogP contribution in [0.25, 0.3) is 0 Å². The topological polar surface area (TPSA) is 76.1 Å². The van der Waals surface area contributed by atoms with Gasteiger partial charge in [-0.1, -0.05) is 13.5 Å². The van der Waals surface area contributed by atoms with Crippen LogP contribution in [0.4, 0.5) is 0 Å². The van der Waals surface area contributed by atoms with Crippen LogP contribution in [0, 0.1) is 0 Å². The predicted molar refractivity (Wildman–Crippen MR) is 25.0 cm³/mol. The first-order chi connectivity index (χ1) is 1.41. The number of hydrogen-bond acceptors (Lipinski definition) is 3. The minimum absolute atomic E-state index is 0. The van der Waals surface area contributed by atoms with E-state index in [-0.39, 0.29) is 56.7 Å². The third kappa shape index (κ3) is 47.7. The maximum absolute atomic E-state index is 8.25. The van der Waals surface area contributed by atoms with Gasteiger partial charge in [0.15, 0.2) is 0 Å². The van der Waals surface area contributed by atoms with Crippen molar-refractivity contribution in [2.24, 2.45) is 0 Å². The van der Waals surface area contributed by atoms with Gasteiger partial charge in [-0.2, -0.15) is 0 Å². The molecule has 0 spiro atoms. The van der Waals surface area contributed by atoms with Gasteiger partial charge in [0.2, 0.25) is 0 Å². The Kier molecular flexibility index (Phi) is 133. The molecular formula is H4BCaO3S. The van der Waals surface area contributed by atoms with Gasteiger partial charge in [0, 0.05) is 0 Å². The molecule has 0 saturated carbocycles. The molecule has 0 aliphatic carbocycles. The third-order valence-electron chi connectivity index (χ3n) is 0. The fraction of sp³-hybridized carbons (Fsp3) is 0. The predicted octanol–water partition coefficient (Wildman–Crippen LogP) is -4.12. The molecule has 6 heteroatoms. The van der Waals surface area contributed by atoms with Gasteiger partial charge in [-0.25, -0.2) is 7.69 Å². The third-order valence-corrected chi connectivity index (χ3v) is 0. The van der Waals surface area contributed by atoms with Gasteiger partial charge < -0.3 is 15.5 Å². The molecule has 6 heavy (non-hydrogen) atoms. The van der Waals surface area contributed by atoms with Crippen molar-refractivity contribution in [1.82, 2.24) is 0 Å². The second kappa shape index (κ2) is 31.0. The van der Waals surface area contributed by atoms with Crippen molar-refractivity contribution in [1.29, 1.82) is 0 Å². The van der Waals surface area contributed by atoms with Crippen LogP contribution in [0.2, 0.25) is 0 Å². The van der Waals surface area contributed by atoms with Gasteiger partial charge in [0.25, 0.3) is 0 Å². The van der Waals surface area contributed by atoms with E-state index in [2.05, 4.69) is 0 Å². The van der Waals surface area contributed by atoms with Crippen molar-refractivity contribution in [3.05, 3.63) is 0 Å². The monoisotopic (exact) mass is 135 g/mol. The van der Waals surface area contributed by atoms with E-state index in [0.29, 0.717) is 0 Å². The first kappa shape index (κ1) is 25.7. The molecule has 0 bridgehead atoms.